The molecule has 3 aromatic carbocycles. The highest BCUT2D eigenvalue weighted by Gasteiger charge is 2.23. The van der Waals surface area contributed by atoms with Crippen LogP contribution in [0.25, 0.3) is 44.7 Å². The first-order valence-corrected chi connectivity index (χ1v) is 10.8. The predicted octanol–water partition coefficient (Wildman–Crippen LogP) is 7.15. The minimum absolute atomic E-state index is 0.440. The molecule has 5 rings (SSSR count). The standard InChI is InChI=1S/C26H16Cl2N4O/c1-33-20-4-2-3-17(13-20)22-21(14-29)24(15-5-9-18(27)10-6-15)30-26-23(22)25(31-32-26)16-7-11-19(28)12-8-16/h2-13H,1H3,(H,30,31,32). The van der Waals surface area contributed by atoms with Crippen LogP contribution in [0, 0.1) is 11.3 Å². The number of aromatic amines is 1. The average molecular weight is 471 g/mol. The second-order valence-corrected chi connectivity index (χ2v) is 8.24. The maximum absolute atomic E-state index is 10.3. The van der Waals surface area contributed by atoms with E-state index in [0.717, 1.165) is 33.3 Å². The number of rotatable bonds is 4. The molecule has 5 nitrogen and oxygen atoms in total. The number of hydrogen-bond donors (Lipinski definition) is 1. The Bertz CT molecular complexity index is 1520. The van der Waals surface area contributed by atoms with Gasteiger partial charge >= 0.3 is 0 Å². The van der Waals surface area contributed by atoms with Crippen LogP contribution in [0.5, 0.6) is 5.75 Å². The summed E-state index contributed by atoms with van der Waals surface area (Å²) in [5, 5.41) is 19.9. The maximum Gasteiger partial charge on any atom is 0.182 e. The molecule has 0 aliphatic carbocycles. The van der Waals surface area contributed by atoms with Gasteiger partial charge in [-0.25, -0.2) is 4.98 Å². The smallest absolute Gasteiger partial charge is 0.182 e. The van der Waals surface area contributed by atoms with Crippen LogP contribution >= 0.6 is 23.2 Å². The molecule has 2 heterocycles. The molecule has 0 radical (unpaired) electrons. The molecular weight excluding hydrogens is 455 g/mol. The van der Waals surface area contributed by atoms with E-state index < -0.39 is 0 Å². The summed E-state index contributed by atoms with van der Waals surface area (Å²) >= 11 is 12.2. The van der Waals surface area contributed by atoms with E-state index in [1.165, 1.54) is 0 Å². The number of aromatic nitrogens is 3. The van der Waals surface area contributed by atoms with Crippen molar-refractivity contribution in [3.63, 3.8) is 0 Å². The summed E-state index contributed by atoms with van der Waals surface area (Å²) in [6.07, 6.45) is 0. The summed E-state index contributed by atoms with van der Waals surface area (Å²) in [5.41, 5.74) is 5.44. The van der Waals surface area contributed by atoms with Crippen LogP contribution in [0.3, 0.4) is 0 Å². The third kappa shape index (κ3) is 3.80. The Hall–Kier alpha value is -3.85. The molecule has 0 saturated carbocycles. The summed E-state index contributed by atoms with van der Waals surface area (Å²) in [6.45, 7) is 0. The number of fused-ring (bicyclic) bond motifs is 1. The zero-order chi connectivity index (χ0) is 22.9. The molecule has 0 bridgehead atoms. The van der Waals surface area contributed by atoms with Gasteiger partial charge in [-0.15, -0.1) is 0 Å². The first-order valence-electron chi connectivity index (χ1n) is 10.1. The number of benzene rings is 3. The van der Waals surface area contributed by atoms with Crippen LogP contribution in [-0.4, -0.2) is 22.3 Å². The zero-order valence-corrected chi connectivity index (χ0v) is 18.9. The van der Waals surface area contributed by atoms with Gasteiger partial charge in [0.15, 0.2) is 5.65 Å². The fourth-order valence-corrected chi connectivity index (χ4v) is 4.13. The number of nitrogens with zero attached hydrogens (tertiary/aromatic N) is 3. The molecule has 2 aromatic heterocycles. The Balaban J connectivity index is 1.89. The van der Waals surface area contributed by atoms with Gasteiger partial charge in [-0.2, -0.15) is 10.4 Å². The van der Waals surface area contributed by atoms with Crippen LogP contribution in [0.1, 0.15) is 5.56 Å². The molecule has 5 aromatic rings. The number of pyridine rings is 1. The highest BCUT2D eigenvalue weighted by Crippen LogP contribution is 2.41. The van der Waals surface area contributed by atoms with Crippen molar-refractivity contribution in [1.82, 2.24) is 15.2 Å². The van der Waals surface area contributed by atoms with Crippen molar-refractivity contribution in [2.75, 3.05) is 7.11 Å². The maximum atomic E-state index is 10.3. The van der Waals surface area contributed by atoms with Crippen LogP contribution in [0.15, 0.2) is 72.8 Å². The number of nitriles is 1. The lowest BCUT2D eigenvalue weighted by atomic mass is 9.92. The van der Waals surface area contributed by atoms with Crippen LogP contribution in [0.2, 0.25) is 10.0 Å². The minimum atomic E-state index is 0.440. The molecule has 0 saturated heterocycles. The Morgan fingerprint density at radius 1 is 0.879 bits per heavy atom. The molecule has 160 valence electrons. The molecule has 0 aliphatic rings. The van der Waals surface area contributed by atoms with Gasteiger partial charge in [-0.3, -0.25) is 5.10 Å². The average Bonchev–Trinajstić information content (AvgIpc) is 3.27. The lowest BCUT2D eigenvalue weighted by Gasteiger charge is -2.13. The normalized spacial score (nSPS) is 10.8. The van der Waals surface area contributed by atoms with E-state index in [4.69, 9.17) is 32.9 Å². The number of hydrogen-bond acceptors (Lipinski definition) is 4. The molecule has 33 heavy (non-hydrogen) atoms. The molecule has 0 unspecified atom stereocenters. The van der Waals surface area contributed by atoms with Crippen LogP contribution in [0.4, 0.5) is 0 Å². The topological polar surface area (TPSA) is 74.6 Å². The van der Waals surface area contributed by atoms with Gasteiger partial charge in [-0.05, 0) is 42.0 Å². The van der Waals surface area contributed by atoms with Crippen molar-refractivity contribution in [3.05, 3.63) is 88.4 Å². The monoisotopic (exact) mass is 470 g/mol. The van der Waals surface area contributed by atoms with Gasteiger partial charge in [0.1, 0.15) is 11.8 Å². The summed E-state index contributed by atoms with van der Waals surface area (Å²) in [7, 11) is 1.61. The number of ether oxygens (including phenoxy) is 1. The Labute approximate surface area is 200 Å². The minimum Gasteiger partial charge on any atom is -0.497 e. The van der Waals surface area contributed by atoms with E-state index in [1.54, 1.807) is 19.2 Å². The van der Waals surface area contributed by atoms with Gasteiger partial charge in [0, 0.05) is 26.7 Å². The van der Waals surface area contributed by atoms with Crippen LogP contribution < -0.4 is 4.74 Å². The Kier molecular flexibility index (Phi) is 5.47. The van der Waals surface area contributed by atoms with Crippen molar-refractivity contribution >= 4 is 34.2 Å². The van der Waals surface area contributed by atoms with Gasteiger partial charge in [0.05, 0.1) is 29.4 Å². The zero-order valence-electron chi connectivity index (χ0n) is 17.4. The summed E-state index contributed by atoms with van der Waals surface area (Å²) in [6, 6.07) is 24.7. The van der Waals surface area contributed by atoms with Crippen molar-refractivity contribution < 1.29 is 4.74 Å². The number of H-pyrrole nitrogens is 1. The van der Waals surface area contributed by atoms with E-state index >= 15 is 0 Å². The lowest BCUT2D eigenvalue weighted by Crippen LogP contribution is -1.97. The van der Waals surface area contributed by atoms with E-state index in [1.807, 2.05) is 60.7 Å². The second-order valence-electron chi connectivity index (χ2n) is 7.37. The van der Waals surface area contributed by atoms with E-state index in [9.17, 15) is 5.26 Å². The molecule has 1 N–H and O–H groups in total. The summed E-state index contributed by atoms with van der Waals surface area (Å²) < 4.78 is 5.45. The SMILES string of the molecule is COc1cccc(-c2c(C#N)c(-c3ccc(Cl)cc3)nc3n[nH]c(-c4ccc(Cl)cc4)c23)c1. The number of methoxy groups -OCH3 is 1. The molecule has 0 atom stereocenters. The van der Waals surface area contributed by atoms with Crippen molar-refractivity contribution in [2.45, 2.75) is 0 Å². The van der Waals surface area contributed by atoms with E-state index in [0.29, 0.717) is 32.7 Å². The highest BCUT2D eigenvalue weighted by atomic mass is 35.5. The van der Waals surface area contributed by atoms with Crippen molar-refractivity contribution in [1.29, 1.82) is 5.26 Å². The van der Waals surface area contributed by atoms with Gasteiger partial charge in [0.2, 0.25) is 0 Å². The number of nitrogens with one attached hydrogen (secondary N) is 1. The summed E-state index contributed by atoms with van der Waals surface area (Å²) in [5.74, 6) is 0.686. The molecule has 7 heteroatoms. The Morgan fingerprint density at radius 2 is 1.55 bits per heavy atom. The molecule has 0 aliphatic heterocycles. The largest absolute Gasteiger partial charge is 0.497 e. The molecule has 0 amide bonds. The third-order valence-electron chi connectivity index (χ3n) is 5.42. The number of halogens is 2. The first-order chi connectivity index (χ1) is 16.1. The lowest BCUT2D eigenvalue weighted by molar-refractivity contribution is 0.415. The Morgan fingerprint density at radius 3 is 2.18 bits per heavy atom. The van der Waals surface area contributed by atoms with Crippen molar-refractivity contribution in [2.24, 2.45) is 0 Å². The van der Waals surface area contributed by atoms with E-state index in [2.05, 4.69) is 16.3 Å². The van der Waals surface area contributed by atoms with Gasteiger partial charge in [-0.1, -0.05) is 59.6 Å². The predicted molar refractivity (Wildman–Crippen MR) is 131 cm³/mol. The second kappa shape index (κ2) is 8.59. The van der Waals surface area contributed by atoms with Gasteiger partial charge < -0.3 is 4.74 Å². The first kappa shape index (κ1) is 21.0. The fourth-order valence-electron chi connectivity index (χ4n) is 3.87. The third-order valence-corrected chi connectivity index (χ3v) is 5.93. The molecular formula is C26H16Cl2N4O. The van der Waals surface area contributed by atoms with E-state index in [-0.39, 0.29) is 0 Å². The molecule has 0 fully saturated rings. The van der Waals surface area contributed by atoms with Crippen LogP contribution in [-0.2, 0) is 0 Å². The van der Waals surface area contributed by atoms with Crippen molar-refractivity contribution in [3.8, 4) is 45.5 Å². The fraction of sp³-hybridized carbons (Fsp3) is 0.0385. The van der Waals surface area contributed by atoms with Gasteiger partial charge in [0.25, 0.3) is 0 Å². The highest BCUT2D eigenvalue weighted by molar-refractivity contribution is 6.31. The molecule has 0 spiro atoms. The quantitative estimate of drug-likeness (QED) is 0.302. The summed E-state index contributed by atoms with van der Waals surface area (Å²) in [4.78, 5) is 4.77.